The number of carbonyl (C=O) groups excluding carboxylic acids is 3. The zero-order valence-electron chi connectivity index (χ0n) is 16.9. The van der Waals surface area contributed by atoms with Gasteiger partial charge in [-0.1, -0.05) is 66.7 Å². The van der Waals surface area contributed by atoms with Crippen molar-refractivity contribution >= 4 is 29.3 Å². The third kappa shape index (κ3) is 4.39. The minimum absolute atomic E-state index is 0.0435. The van der Waals surface area contributed by atoms with Crippen molar-refractivity contribution in [2.24, 2.45) is 0 Å². The maximum atomic E-state index is 12.5. The van der Waals surface area contributed by atoms with E-state index in [-0.39, 0.29) is 17.6 Å². The van der Waals surface area contributed by atoms with Crippen molar-refractivity contribution < 1.29 is 19.1 Å². The Bertz CT molecular complexity index is 1100. The quantitative estimate of drug-likeness (QED) is 0.437. The SMILES string of the molecule is C[C@H](NC(=O)OCC1c2ccccc2-c2ccccc21)C(=O)Sc1ccccc1C=O. The van der Waals surface area contributed by atoms with Crippen LogP contribution in [0, 0.1) is 0 Å². The van der Waals surface area contributed by atoms with Crippen molar-refractivity contribution in [2.75, 3.05) is 6.61 Å². The minimum atomic E-state index is -0.764. The molecule has 0 aliphatic heterocycles. The van der Waals surface area contributed by atoms with Gasteiger partial charge in [0.2, 0.25) is 5.12 Å². The Morgan fingerprint density at radius 2 is 1.55 bits per heavy atom. The van der Waals surface area contributed by atoms with Gasteiger partial charge >= 0.3 is 6.09 Å². The van der Waals surface area contributed by atoms with E-state index in [9.17, 15) is 14.4 Å². The molecule has 1 aliphatic carbocycles. The molecule has 0 fully saturated rings. The molecule has 1 atom stereocenters. The van der Waals surface area contributed by atoms with E-state index in [1.54, 1.807) is 31.2 Å². The average molecular weight is 432 g/mol. The molecule has 0 radical (unpaired) electrons. The van der Waals surface area contributed by atoms with Crippen molar-refractivity contribution in [1.29, 1.82) is 0 Å². The molecule has 0 spiro atoms. The van der Waals surface area contributed by atoms with E-state index < -0.39 is 12.1 Å². The van der Waals surface area contributed by atoms with E-state index in [1.165, 1.54) is 0 Å². The fourth-order valence-corrected chi connectivity index (χ4v) is 4.58. The Kier molecular flexibility index (Phi) is 6.18. The van der Waals surface area contributed by atoms with Gasteiger partial charge in [-0.2, -0.15) is 0 Å². The van der Waals surface area contributed by atoms with Gasteiger partial charge in [-0.25, -0.2) is 4.79 Å². The Hall–Kier alpha value is -3.38. The van der Waals surface area contributed by atoms with Gasteiger partial charge in [-0.15, -0.1) is 0 Å². The molecule has 3 aromatic rings. The van der Waals surface area contributed by atoms with Gasteiger partial charge in [0.15, 0.2) is 6.29 Å². The highest BCUT2D eigenvalue weighted by atomic mass is 32.2. The fraction of sp³-hybridized carbons (Fsp3) is 0.160. The highest BCUT2D eigenvalue weighted by molar-refractivity contribution is 8.13. The Balaban J connectivity index is 1.37. The molecule has 0 bridgehead atoms. The van der Waals surface area contributed by atoms with Crippen molar-refractivity contribution in [3.8, 4) is 11.1 Å². The summed E-state index contributed by atoms with van der Waals surface area (Å²) < 4.78 is 5.49. The lowest BCUT2D eigenvalue weighted by Gasteiger charge is -2.16. The van der Waals surface area contributed by atoms with Crippen LogP contribution in [-0.4, -0.2) is 30.1 Å². The van der Waals surface area contributed by atoms with Crippen molar-refractivity contribution in [2.45, 2.75) is 23.8 Å². The molecule has 0 saturated carbocycles. The second-order valence-corrected chi connectivity index (χ2v) is 8.31. The maximum absolute atomic E-state index is 12.5. The number of hydrogen-bond acceptors (Lipinski definition) is 5. The molecule has 1 N–H and O–H groups in total. The van der Waals surface area contributed by atoms with Crippen LogP contribution < -0.4 is 5.32 Å². The van der Waals surface area contributed by atoms with E-state index in [4.69, 9.17) is 4.74 Å². The molecule has 1 aliphatic rings. The van der Waals surface area contributed by atoms with Gasteiger partial charge in [0.1, 0.15) is 6.61 Å². The van der Waals surface area contributed by atoms with Crippen molar-refractivity contribution in [3.63, 3.8) is 0 Å². The van der Waals surface area contributed by atoms with Crippen LogP contribution in [-0.2, 0) is 9.53 Å². The molecule has 0 saturated heterocycles. The topological polar surface area (TPSA) is 72.5 Å². The standard InChI is InChI=1S/C25H21NO4S/c1-16(24(28)31-23-13-7-2-8-17(23)14-27)26-25(29)30-15-22-20-11-5-3-9-18(20)19-10-4-6-12-21(19)22/h2-14,16,22H,15H2,1H3,(H,26,29)/t16-/m0/s1. The van der Waals surface area contributed by atoms with Gasteiger partial charge in [0.25, 0.3) is 0 Å². The second kappa shape index (κ2) is 9.18. The van der Waals surface area contributed by atoms with E-state index in [0.717, 1.165) is 34.0 Å². The van der Waals surface area contributed by atoms with Gasteiger partial charge in [0, 0.05) is 16.4 Å². The second-order valence-electron chi connectivity index (χ2n) is 7.27. The number of thioether (sulfide) groups is 1. The summed E-state index contributed by atoms with van der Waals surface area (Å²) in [5, 5.41) is 2.31. The molecular weight excluding hydrogens is 410 g/mol. The molecule has 5 nitrogen and oxygen atoms in total. The summed E-state index contributed by atoms with van der Waals surface area (Å²) in [6.07, 6.45) is 0.0613. The van der Waals surface area contributed by atoms with Crippen LogP contribution in [0.3, 0.4) is 0 Å². The Morgan fingerprint density at radius 3 is 2.19 bits per heavy atom. The maximum Gasteiger partial charge on any atom is 0.407 e. The largest absolute Gasteiger partial charge is 0.449 e. The zero-order chi connectivity index (χ0) is 21.8. The van der Waals surface area contributed by atoms with E-state index in [0.29, 0.717) is 16.7 Å². The van der Waals surface area contributed by atoms with Crippen LogP contribution in [0.15, 0.2) is 77.7 Å². The first kappa shape index (κ1) is 20.9. The summed E-state index contributed by atoms with van der Waals surface area (Å²) in [7, 11) is 0. The normalized spacial score (nSPS) is 13.1. The van der Waals surface area contributed by atoms with Crippen LogP contribution in [0.25, 0.3) is 11.1 Å². The monoisotopic (exact) mass is 431 g/mol. The number of nitrogens with one attached hydrogen (secondary N) is 1. The van der Waals surface area contributed by atoms with Gasteiger partial charge in [-0.05, 0) is 47.0 Å². The number of hydrogen-bond donors (Lipinski definition) is 1. The lowest BCUT2D eigenvalue weighted by molar-refractivity contribution is -0.112. The summed E-state index contributed by atoms with van der Waals surface area (Å²) in [4.78, 5) is 36.5. The number of alkyl carbamates (subject to hydrolysis) is 1. The molecule has 0 aromatic heterocycles. The van der Waals surface area contributed by atoms with Crippen molar-refractivity contribution in [1.82, 2.24) is 5.32 Å². The first-order valence-electron chi connectivity index (χ1n) is 9.96. The molecule has 31 heavy (non-hydrogen) atoms. The average Bonchev–Trinajstić information content (AvgIpc) is 3.11. The van der Waals surface area contributed by atoms with Gasteiger partial charge in [-0.3, -0.25) is 9.59 Å². The number of amides is 1. The van der Waals surface area contributed by atoms with Gasteiger partial charge < -0.3 is 10.1 Å². The summed E-state index contributed by atoms with van der Waals surface area (Å²) >= 11 is 0.929. The Labute approximate surface area is 184 Å². The van der Waals surface area contributed by atoms with Crippen LogP contribution in [0.4, 0.5) is 4.79 Å². The molecule has 3 aromatic carbocycles. The summed E-state index contributed by atoms with van der Waals surface area (Å²) in [6, 6.07) is 22.3. The van der Waals surface area contributed by atoms with Gasteiger partial charge in [0.05, 0.1) is 6.04 Å². The minimum Gasteiger partial charge on any atom is -0.449 e. The summed E-state index contributed by atoms with van der Waals surface area (Å²) in [5.74, 6) is -0.0435. The molecule has 1 amide bonds. The third-order valence-corrected chi connectivity index (χ3v) is 6.43. The fourth-order valence-electron chi connectivity index (χ4n) is 3.74. The summed E-state index contributed by atoms with van der Waals surface area (Å²) in [5.41, 5.74) is 5.00. The third-order valence-electron chi connectivity index (χ3n) is 5.29. The predicted molar refractivity (Wildman–Crippen MR) is 120 cm³/mol. The predicted octanol–water partition coefficient (Wildman–Crippen LogP) is 5.05. The number of fused-ring (bicyclic) bond motifs is 3. The van der Waals surface area contributed by atoms with E-state index in [2.05, 4.69) is 29.6 Å². The van der Waals surface area contributed by atoms with Crippen LogP contribution in [0.5, 0.6) is 0 Å². The number of carbonyl (C=O) groups is 3. The highest BCUT2D eigenvalue weighted by Crippen LogP contribution is 2.44. The molecule has 0 unspecified atom stereocenters. The highest BCUT2D eigenvalue weighted by Gasteiger charge is 2.29. The van der Waals surface area contributed by atoms with E-state index >= 15 is 0 Å². The lowest BCUT2D eigenvalue weighted by atomic mass is 9.98. The molecule has 156 valence electrons. The first-order chi connectivity index (χ1) is 15.1. The smallest absolute Gasteiger partial charge is 0.407 e. The summed E-state index contributed by atoms with van der Waals surface area (Å²) in [6.45, 7) is 1.78. The lowest BCUT2D eigenvalue weighted by Crippen LogP contribution is -2.38. The van der Waals surface area contributed by atoms with Crippen molar-refractivity contribution in [3.05, 3.63) is 89.5 Å². The van der Waals surface area contributed by atoms with Crippen LogP contribution in [0.2, 0.25) is 0 Å². The molecular formula is C25H21NO4S. The first-order valence-corrected chi connectivity index (χ1v) is 10.8. The molecule has 0 heterocycles. The number of benzene rings is 3. The zero-order valence-corrected chi connectivity index (χ0v) is 17.7. The molecule has 4 rings (SSSR count). The van der Waals surface area contributed by atoms with E-state index in [1.807, 2.05) is 24.3 Å². The molecule has 6 heteroatoms. The van der Waals surface area contributed by atoms with Crippen LogP contribution in [0.1, 0.15) is 34.3 Å². The number of rotatable bonds is 6. The number of ether oxygens (including phenoxy) is 1. The Morgan fingerprint density at radius 1 is 0.968 bits per heavy atom. The number of aldehydes is 1. The van der Waals surface area contributed by atoms with Crippen LogP contribution >= 0.6 is 11.8 Å².